The molecular formula is C25H31NO3. The van der Waals surface area contributed by atoms with E-state index >= 15 is 0 Å². The molecule has 1 amide bonds. The second-order valence-corrected chi connectivity index (χ2v) is 9.07. The second-order valence-electron chi connectivity index (χ2n) is 9.07. The first-order chi connectivity index (χ1) is 13.8. The molecule has 0 saturated heterocycles. The van der Waals surface area contributed by atoms with Crippen molar-refractivity contribution in [3.8, 4) is 11.5 Å². The maximum atomic E-state index is 12.9. The van der Waals surface area contributed by atoms with Gasteiger partial charge in [0.25, 0.3) is 5.91 Å². The van der Waals surface area contributed by atoms with Gasteiger partial charge in [-0.1, -0.05) is 18.2 Å². The topological polar surface area (TPSA) is 47.6 Å². The number of hydrogen-bond acceptors (Lipinski definition) is 3. The van der Waals surface area contributed by atoms with E-state index in [4.69, 9.17) is 9.47 Å². The van der Waals surface area contributed by atoms with Gasteiger partial charge in [0.1, 0.15) is 17.1 Å². The number of aryl methyl sites for hydroxylation is 3. The largest absolute Gasteiger partial charge is 0.487 e. The predicted octanol–water partition coefficient (Wildman–Crippen LogP) is 5.06. The Hall–Kier alpha value is -2.49. The van der Waals surface area contributed by atoms with Crippen molar-refractivity contribution in [1.29, 1.82) is 0 Å². The number of carbonyl (C=O) groups excluding carboxylic acids is 1. The van der Waals surface area contributed by atoms with Gasteiger partial charge in [0, 0.05) is 12.0 Å². The number of amides is 1. The molecule has 0 bridgehead atoms. The second kappa shape index (κ2) is 7.74. The zero-order valence-electron chi connectivity index (χ0n) is 17.9. The maximum absolute atomic E-state index is 12.9. The van der Waals surface area contributed by atoms with Crippen molar-refractivity contribution in [3.63, 3.8) is 0 Å². The highest BCUT2D eigenvalue weighted by Gasteiger charge is 2.35. The number of benzene rings is 2. The number of fused-ring (bicyclic) bond motifs is 2. The Balaban J connectivity index is 1.46. The first-order valence-electron chi connectivity index (χ1n) is 10.7. The predicted molar refractivity (Wildman–Crippen MR) is 115 cm³/mol. The van der Waals surface area contributed by atoms with Gasteiger partial charge >= 0.3 is 0 Å². The van der Waals surface area contributed by atoms with E-state index in [9.17, 15) is 4.79 Å². The Morgan fingerprint density at radius 3 is 2.69 bits per heavy atom. The normalized spacial score (nSPS) is 20.6. The van der Waals surface area contributed by atoms with Gasteiger partial charge in [0.05, 0.1) is 6.04 Å². The molecule has 1 aliphatic carbocycles. The van der Waals surface area contributed by atoms with Gasteiger partial charge in [-0.3, -0.25) is 4.79 Å². The average molecular weight is 394 g/mol. The summed E-state index contributed by atoms with van der Waals surface area (Å²) in [5.41, 5.74) is 4.62. The molecule has 154 valence electrons. The lowest BCUT2D eigenvalue weighted by Gasteiger charge is -2.38. The highest BCUT2D eigenvalue weighted by molar-refractivity contribution is 5.81. The van der Waals surface area contributed by atoms with Crippen molar-refractivity contribution in [2.24, 2.45) is 0 Å². The molecule has 2 atom stereocenters. The quantitative estimate of drug-likeness (QED) is 0.790. The molecule has 0 saturated carbocycles. The molecule has 1 heterocycles. The van der Waals surface area contributed by atoms with Crippen LogP contribution in [0, 0.1) is 6.92 Å². The molecule has 2 aromatic rings. The fraction of sp³-hybridized carbons (Fsp3) is 0.480. The maximum Gasteiger partial charge on any atom is 0.261 e. The van der Waals surface area contributed by atoms with Crippen LogP contribution in [0.15, 0.2) is 36.4 Å². The Bertz CT molecular complexity index is 918. The van der Waals surface area contributed by atoms with Crippen molar-refractivity contribution < 1.29 is 14.3 Å². The van der Waals surface area contributed by atoms with Crippen LogP contribution in [0.25, 0.3) is 0 Å². The van der Waals surface area contributed by atoms with Crippen LogP contribution >= 0.6 is 0 Å². The van der Waals surface area contributed by atoms with Crippen LogP contribution in [0.2, 0.25) is 0 Å². The summed E-state index contributed by atoms with van der Waals surface area (Å²) < 4.78 is 12.1. The third kappa shape index (κ3) is 4.42. The molecule has 2 aliphatic rings. The molecular weight excluding hydrogens is 362 g/mol. The molecule has 0 fully saturated rings. The minimum Gasteiger partial charge on any atom is -0.487 e. The average Bonchev–Trinajstić information content (AvgIpc) is 2.66. The van der Waals surface area contributed by atoms with Crippen molar-refractivity contribution in [2.75, 3.05) is 0 Å². The number of ether oxygens (including phenoxy) is 2. The van der Waals surface area contributed by atoms with Gasteiger partial charge in [0.2, 0.25) is 0 Å². The molecule has 0 radical (unpaired) electrons. The summed E-state index contributed by atoms with van der Waals surface area (Å²) in [5.74, 6) is 1.53. The van der Waals surface area contributed by atoms with Crippen LogP contribution in [0.5, 0.6) is 11.5 Å². The number of carbonyl (C=O) groups is 1. The van der Waals surface area contributed by atoms with Crippen molar-refractivity contribution in [2.45, 2.75) is 77.5 Å². The molecule has 4 nitrogen and oxygen atoms in total. The monoisotopic (exact) mass is 393 g/mol. The van der Waals surface area contributed by atoms with Crippen molar-refractivity contribution in [3.05, 3.63) is 58.7 Å². The van der Waals surface area contributed by atoms with Gasteiger partial charge in [-0.25, -0.2) is 0 Å². The van der Waals surface area contributed by atoms with E-state index in [0.717, 1.165) is 41.9 Å². The highest BCUT2D eigenvalue weighted by atomic mass is 16.5. The summed E-state index contributed by atoms with van der Waals surface area (Å²) in [6.07, 6.45) is 4.89. The summed E-state index contributed by atoms with van der Waals surface area (Å²) in [7, 11) is 0. The lowest BCUT2D eigenvalue weighted by atomic mass is 9.89. The van der Waals surface area contributed by atoms with E-state index in [1.165, 1.54) is 24.0 Å². The molecule has 0 aromatic heterocycles. The van der Waals surface area contributed by atoms with Crippen LogP contribution in [-0.4, -0.2) is 17.6 Å². The molecule has 29 heavy (non-hydrogen) atoms. The van der Waals surface area contributed by atoms with Gasteiger partial charge in [-0.2, -0.15) is 0 Å². The number of hydrogen-bond donors (Lipinski definition) is 1. The van der Waals surface area contributed by atoms with Crippen LogP contribution in [0.3, 0.4) is 0 Å². The molecule has 2 aromatic carbocycles. The molecule has 4 rings (SSSR count). The summed E-state index contributed by atoms with van der Waals surface area (Å²) in [5, 5.41) is 3.19. The number of nitrogens with one attached hydrogen (secondary N) is 1. The SMILES string of the molecule is Cc1ccc2c(c1)OC(C)(C)CC2NC(=O)C(C)Oc1ccc2c(c1)CCCC2. The zero-order valence-corrected chi connectivity index (χ0v) is 17.9. The fourth-order valence-corrected chi connectivity index (χ4v) is 4.42. The number of rotatable bonds is 4. The Kier molecular flexibility index (Phi) is 5.28. The van der Waals surface area contributed by atoms with Gasteiger partial charge < -0.3 is 14.8 Å². The van der Waals surface area contributed by atoms with Crippen LogP contribution in [0.4, 0.5) is 0 Å². The van der Waals surface area contributed by atoms with Crippen LogP contribution in [0.1, 0.15) is 68.3 Å². The van der Waals surface area contributed by atoms with Gasteiger partial charge in [-0.15, -0.1) is 0 Å². The minimum atomic E-state index is -0.559. The van der Waals surface area contributed by atoms with E-state index in [1.54, 1.807) is 0 Å². The molecule has 2 unspecified atom stereocenters. The summed E-state index contributed by atoms with van der Waals surface area (Å²) in [4.78, 5) is 12.9. The highest BCUT2D eigenvalue weighted by Crippen LogP contribution is 2.40. The molecule has 4 heteroatoms. The Morgan fingerprint density at radius 2 is 1.90 bits per heavy atom. The van der Waals surface area contributed by atoms with E-state index in [0.29, 0.717) is 0 Å². The lowest BCUT2D eigenvalue weighted by Crippen LogP contribution is -2.44. The minimum absolute atomic E-state index is 0.0866. The van der Waals surface area contributed by atoms with E-state index in [2.05, 4.69) is 43.4 Å². The first-order valence-corrected chi connectivity index (χ1v) is 10.7. The fourth-order valence-electron chi connectivity index (χ4n) is 4.42. The Labute approximate surface area is 173 Å². The lowest BCUT2D eigenvalue weighted by molar-refractivity contribution is -0.128. The van der Waals surface area contributed by atoms with Crippen molar-refractivity contribution >= 4 is 5.91 Å². The van der Waals surface area contributed by atoms with Gasteiger partial charge in [0.15, 0.2) is 6.10 Å². The first kappa shape index (κ1) is 19.8. The summed E-state index contributed by atoms with van der Waals surface area (Å²) >= 11 is 0. The van der Waals surface area contributed by atoms with Gasteiger partial charge in [-0.05, 0) is 88.3 Å². The van der Waals surface area contributed by atoms with Crippen LogP contribution in [-0.2, 0) is 17.6 Å². The smallest absolute Gasteiger partial charge is 0.261 e. The Morgan fingerprint density at radius 1 is 1.14 bits per heavy atom. The third-order valence-corrected chi connectivity index (χ3v) is 5.94. The molecule has 0 spiro atoms. The van der Waals surface area contributed by atoms with Crippen LogP contribution < -0.4 is 14.8 Å². The summed E-state index contributed by atoms with van der Waals surface area (Å²) in [6.45, 7) is 7.98. The van der Waals surface area contributed by atoms with E-state index in [-0.39, 0.29) is 17.6 Å². The van der Waals surface area contributed by atoms with E-state index in [1.807, 2.05) is 26.0 Å². The zero-order chi connectivity index (χ0) is 20.6. The standard InChI is InChI=1S/C25H31NO3/c1-16-9-12-21-22(15-25(3,4)29-23(21)13-16)26-24(27)17(2)28-20-11-10-18-7-5-6-8-19(18)14-20/h9-14,17,22H,5-8,15H2,1-4H3,(H,26,27). The van der Waals surface area contributed by atoms with Crippen molar-refractivity contribution in [1.82, 2.24) is 5.32 Å². The molecule has 1 aliphatic heterocycles. The molecule has 1 N–H and O–H groups in total. The summed E-state index contributed by atoms with van der Waals surface area (Å²) in [6, 6.07) is 12.3. The third-order valence-electron chi connectivity index (χ3n) is 5.94. The van der Waals surface area contributed by atoms with E-state index < -0.39 is 6.10 Å².